The van der Waals surface area contributed by atoms with Crippen molar-refractivity contribution >= 4 is 17.7 Å². The van der Waals surface area contributed by atoms with Gasteiger partial charge in [-0.15, -0.1) is 0 Å². The molecular weight excluding hydrogens is 276 g/mol. The molecule has 0 aliphatic carbocycles. The lowest BCUT2D eigenvalue weighted by atomic mass is 10.00. The van der Waals surface area contributed by atoms with E-state index in [-0.39, 0.29) is 6.42 Å². The van der Waals surface area contributed by atoms with E-state index in [1.807, 2.05) is 0 Å². The van der Waals surface area contributed by atoms with Gasteiger partial charge in [-0.1, -0.05) is 6.92 Å². The summed E-state index contributed by atoms with van der Waals surface area (Å²) in [6.45, 7) is 3.13. The third-order valence-electron chi connectivity index (χ3n) is 3.21. The van der Waals surface area contributed by atoms with E-state index < -0.39 is 17.5 Å². The predicted octanol–water partition coefficient (Wildman–Crippen LogP) is 2.08. The van der Waals surface area contributed by atoms with Gasteiger partial charge in [0.1, 0.15) is 5.54 Å². The maximum Gasteiger partial charge on any atom is 0.329 e. The van der Waals surface area contributed by atoms with E-state index >= 15 is 0 Å². The Morgan fingerprint density at radius 1 is 1.24 bits per heavy atom. The van der Waals surface area contributed by atoms with E-state index in [2.05, 4.69) is 10.6 Å². The van der Waals surface area contributed by atoms with E-state index in [1.54, 1.807) is 25.1 Å². The molecule has 1 unspecified atom stereocenters. The third-order valence-corrected chi connectivity index (χ3v) is 3.21. The summed E-state index contributed by atoms with van der Waals surface area (Å²) in [6.07, 6.45) is 0.266. The number of amides is 2. The largest absolute Gasteiger partial charge is 0.493 e. The highest BCUT2D eigenvalue weighted by molar-refractivity contribution is 5.94. The number of rotatable bonds is 6. The molecule has 0 aromatic heterocycles. The number of aliphatic carboxylic acids is 1. The summed E-state index contributed by atoms with van der Waals surface area (Å²) in [4.78, 5) is 23.0. The van der Waals surface area contributed by atoms with Gasteiger partial charge >= 0.3 is 12.0 Å². The first-order valence-corrected chi connectivity index (χ1v) is 6.41. The molecule has 3 N–H and O–H groups in total. The minimum absolute atomic E-state index is 0.266. The molecule has 0 aliphatic rings. The van der Waals surface area contributed by atoms with Crippen LogP contribution in [0, 0.1) is 0 Å². The summed E-state index contributed by atoms with van der Waals surface area (Å²) >= 11 is 0. The monoisotopic (exact) mass is 296 g/mol. The van der Waals surface area contributed by atoms with Crippen LogP contribution in [0.1, 0.15) is 20.3 Å². The molecule has 0 aliphatic heterocycles. The van der Waals surface area contributed by atoms with Gasteiger partial charge in [0.2, 0.25) is 0 Å². The average Bonchev–Trinajstić information content (AvgIpc) is 2.46. The molecule has 0 spiro atoms. The third kappa shape index (κ3) is 4.01. The summed E-state index contributed by atoms with van der Waals surface area (Å²) in [5, 5.41) is 14.1. The number of carbonyl (C=O) groups is 2. The maximum atomic E-state index is 11.9. The first-order chi connectivity index (χ1) is 9.86. The van der Waals surface area contributed by atoms with Gasteiger partial charge in [-0.2, -0.15) is 0 Å². The number of ether oxygens (including phenoxy) is 2. The first kappa shape index (κ1) is 16.6. The van der Waals surface area contributed by atoms with Crippen molar-refractivity contribution in [1.29, 1.82) is 0 Å². The summed E-state index contributed by atoms with van der Waals surface area (Å²) in [7, 11) is 3.00. The highest BCUT2D eigenvalue weighted by Gasteiger charge is 2.32. The second-order valence-corrected chi connectivity index (χ2v) is 4.64. The summed E-state index contributed by atoms with van der Waals surface area (Å²) in [5.41, 5.74) is -0.852. The van der Waals surface area contributed by atoms with Crippen molar-refractivity contribution < 1.29 is 24.2 Å². The molecule has 0 saturated heterocycles. The Labute approximate surface area is 123 Å². The maximum absolute atomic E-state index is 11.9. The first-order valence-electron chi connectivity index (χ1n) is 6.41. The highest BCUT2D eigenvalue weighted by Crippen LogP contribution is 2.29. The zero-order valence-corrected chi connectivity index (χ0v) is 12.5. The fourth-order valence-electron chi connectivity index (χ4n) is 1.62. The number of methoxy groups -OCH3 is 2. The predicted molar refractivity (Wildman–Crippen MR) is 78.0 cm³/mol. The van der Waals surface area contributed by atoms with Crippen LogP contribution in [0.5, 0.6) is 11.5 Å². The molecule has 0 saturated carbocycles. The number of benzene rings is 1. The average molecular weight is 296 g/mol. The standard InChI is InChI=1S/C14H20N2O5/c1-5-14(2,12(17)18)16-13(19)15-9-6-7-10(20-3)11(8-9)21-4/h6-8H,5H2,1-4H3,(H,17,18)(H2,15,16,19). The minimum Gasteiger partial charge on any atom is -0.493 e. The number of anilines is 1. The molecule has 1 atom stereocenters. The minimum atomic E-state index is -1.32. The molecule has 7 heteroatoms. The van der Waals surface area contributed by atoms with E-state index in [4.69, 9.17) is 14.6 Å². The lowest BCUT2D eigenvalue weighted by molar-refractivity contribution is -0.143. The van der Waals surface area contributed by atoms with Crippen molar-refractivity contribution in [3.05, 3.63) is 18.2 Å². The summed E-state index contributed by atoms with van der Waals surface area (Å²) in [6, 6.07) is 4.26. The summed E-state index contributed by atoms with van der Waals surface area (Å²) in [5.74, 6) is -0.0911. The van der Waals surface area contributed by atoms with E-state index in [1.165, 1.54) is 21.1 Å². The van der Waals surface area contributed by atoms with Crippen LogP contribution >= 0.6 is 0 Å². The Kier molecular flexibility index (Phi) is 5.40. The van der Waals surface area contributed by atoms with Crippen LogP contribution in [0.4, 0.5) is 10.5 Å². The Balaban J connectivity index is 2.82. The SMILES string of the molecule is CCC(C)(NC(=O)Nc1ccc(OC)c(OC)c1)C(=O)O. The van der Waals surface area contributed by atoms with Crippen LogP contribution in [-0.4, -0.2) is 36.9 Å². The zero-order valence-electron chi connectivity index (χ0n) is 12.5. The van der Waals surface area contributed by atoms with Crippen LogP contribution in [-0.2, 0) is 4.79 Å². The van der Waals surface area contributed by atoms with Gasteiger partial charge in [0.25, 0.3) is 0 Å². The van der Waals surface area contributed by atoms with Crippen molar-refractivity contribution in [2.24, 2.45) is 0 Å². The van der Waals surface area contributed by atoms with Gasteiger partial charge in [0.05, 0.1) is 14.2 Å². The number of hydrogen-bond donors (Lipinski definition) is 3. The number of nitrogens with one attached hydrogen (secondary N) is 2. The quantitative estimate of drug-likeness (QED) is 0.746. The van der Waals surface area contributed by atoms with Gasteiger partial charge in [-0.05, 0) is 25.5 Å². The number of carboxylic acids is 1. The van der Waals surface area contributed by atoms with E-state index in [9.17, 15) is 9.59 Å². The lowest BCUT2D eigenvalue weighted by Gasteiger charge is -2.24. The summed E-state index contributed by atoms with van der Waals surface area (Å²) < 4.78 is 10.2. The molecule has 0 fully saturated rings. The van der Waals surface area contributed by atoms with Crippen molar-refractivity contribution in [3.63, 3.8) is 0 Å². The Morgan fingerprint density at radius 3 is 2.33 bits per heavy atom. The second kappa shape index (κ2) is 6.83. The van der Waals surface area contributed by atoms with E-state index in [0.29, 0.717) is 17.2 Å². The topological polar surface area (TPSA) is 96.9 Å². The van der Waals surface area contributed by atoms with Crippen molar-refractivity contribution in [2.75, 3.05) is 19.5 Å². The Morgan fingerprint density at radius 2 is 1.86 bits per heavy atom. The van der Waals surface area contributed by atoms with Gasteiger partial charge in [-0.25, -0.2) is 9.59 Å². The molecular formula is C14H20N2O5. The molecule has 7 nitrogen and oxygen atoms in total. The highest BCUT2D eigenvalue weighted by atomic mass is 16.5. The van der Waals surface area contributed by atoms with Crippen molar-refractivity contribution in [3.8, 4) is 11.5 Å². The molecule has 1 aromatic carbocycles. The van der Waals surface area contributed by atoms with Crippen molar-refractivity contribution in [1.82, 2.24) is 5.32 Å². The number of carboxylic acid groups (broad SMARTS) is 1. The van der Waals surface area contributed by atoms with Crippen LogP contribution in [0.3, 0.4) is 0 Å². The van der Waals surface area contributed by atoms with Gasteiger partial charge in [0.15, 0.2) is 11.5 Å². The molecule has 116 valence electrons. The van der Waals surface area contributed by atoms with Crippen LogP contribution in [0.2, 0.25) is 0 Å². The van der Waals surface area contributed by atoms with Gasteiger partial charge in [-0.3, -0.25) is 0 Å². The Bertz CT molecular complexity index is 532. The normalized spacial score (nSPS) is 13.0. The van der Waals surface area contributed by atoms with Crippen LogP contribution < -0.4 is 20.1 Å². The number of carbonyl (C=O) groups excluding carboxylic acids is 1. The molecule has 0 heterocycles. The second-order valence-electron chi connectivity index (χ2n) is 4.64. The van der Waals surface area contributed by atoms with Crippen molar-refractivity contribution in [2.45, 2.75) is 25.8 Å². The van der Waals surface area contributed by atoms with E-state index in [0.717, 1.165) is 0 Å². The smallest absolute Gasteiger partial charge is 0.329 e. The molecule has 1 aromatic rings. The molecule has 21 heavy (non-hydrogen) atoms. The van der Waals surface area contributed by atoms with Crippen LogP contribution in [0.15, 0.2) is 18.2 Å². The van der Waals surface area contributed by atoms with Crippen LogP contribution in [0.25, 0.3) is 0 Å². The lowest BCUT2D eigenvalue weighted by Crippen LogP contribution is -2.53. The zero-order chi connectivity index (χ0) is 16.0. The van der Waals surface area contributed by atoms with Gasteiger partial charge in [0, 0.05) is 11.8 Å². The molecule has 2 amide bonds. The fraction of sp³-hybridized carbons (Fsp3) is 0.429. The Hall–Kier alpha value is -2.44. The molecule has 0 radical (unpaired) electrons. The number of urea groups is 1. The molecule has 0 bridgehead atoms. The molecule has 1 rings (SSSR count). The fourth-order valence-corrected chi connectivity index (χ4v) is 1.62. The van der Waals surface area contributed by atoms with Gasteiger partial charge < -0.3 is 25.2 Å². The number of hydrogen-bond acceptors (Lipinski definition) is 4.